The number of carbonyl (C=O) groups is 1. The number of hydrazine groups is 1. The normalized spacial score (nSPS) is 9.46. The zero-order valence-corrected chi connectivity index (χ0v) is 8.46. The van der Waals surface area contributed by atoms with Crippen molar-refractivity contribution in [2.45, 2.75) is 0 Å². The third-order valence-corrected chi connectivity index (χ3v) is 2.01. The summed E-state index contributed by atoms with van der Waals surface area (Å²) >= 11 is 3.12. The maximum absolute atomic E-state index is 11.1. The van der Waals surface area contributed by atoms with Gasteiger partial charge in [-0.25, -0.2) is 10.8 Å². The van der Waals surface area contributed by atoms with Crippen molar-refractivity contribution in [3.8, 4) is 5.88 Å². The van der Waals surface area contributed by atoms with Crippen LogP contribution in [0.4, 0.5) is 0 Å². The predicted molar refractivity (Wildman–Crippen MR) is 50.1 cm³/mol. The number of hydrogen-bond acceptors (Lipinski definition) is 4. The van der Waals surface area contributed by atoms with Gasteiger partial charge < -0.3 is 4.74 Å². The largest absolute Gasteiger partial charge is 0.481 e. The molecular weight excluding hydrogens is 238 g/mol. The lowest BCUT2D eigenvalue weighted by Gasteiger charge is -2.03. The standard InChI is InChI=1S/C7H8BrN3O2/c1-13-5-3-2-4(6(8)10-5)7(12)11-9/h2-3H,9H2,1H3,(H,11,12). The van der Waals surface area contributed by atoms with Gasteiger partial charge in [0, 0.05) is 6.07 Å². The second kappa shape index (κ2) is 4.20. The molecule has 0 saturated heterocycles. The van der Waals surface area contributed by atoms with Gasteiger partial charge in [0.15, 0.2) is 0 Å². The van der Waals surface area contributed by atoms with Gasteiger partial charge in [-0.1, -0.05) is 0 Å². The van der Waals surface area contributed by atoms with Crippen LogP contribution in [0.5, 0.6) is 5.88 Å². The number of pyridine rings is 1. The molecule has 1 amide bonds. The topological polar surface area (TPSA) is 77.2 Å². The Labute approximate surface area is 83.4 Å². The summed E-state index contributed by atoms with van der Waals surface area (Å²) in [4.78, 5) is 15.0. The van der Waals surface area contributed by atoms with Crippen LogP contribution in [0.1, 0.15) is 10.4 Å². The first-order valence-electron chi connectivity index (χ1n) is 3.40. The van der Waals surface area contributed by atoms with Crippen LogP contribution in [-0.2, 0) is 0 Å². The average Bonchev–Trinajstić information content (AvgIpc) is 2.16. The molecule has 0 bridgehead atoms. The molecule has 3 N–H and O–H groups in total. The minimum Gasteiger partial charge on any atom is -0.481 e. The van der Waals surface area contributed by atoms with Gasteiger partial charge in [0.1, 0.15) is 4.60 Å². The fourth-order valence-electron chi connectivity index (χ4n) is 0.778. The molecule has 0 unspecified atom stereocenters. The minimum absolute atomic E-state index is 0.364. The first-order chi connectivity index (χ1) is 6.19. The third-order valence-electron chi connectivity index (χ3n) is 1.41. The van der Waals surface area contributed by atoms with Crippen molar-refractivity contribution in [2.24, 2.45) is 5.84 Å². The summed E-state index contributed by atoms with van der Waals surface area (Å²) in [7, 11) is 1.50. The lowest BCUT2D eigenvalue weighted by Crippen LogP contribution is -2.30. The Balaban J connectivity index is 3.05. The van der Waals surface area contributed by atoms with Crippen molar-refractivity contribution in [2.75, 3.05) is 7.11 Å². The van der Waals surface area contributed by atoms with Gasteiger partial charge in [-0.2, -0.15) is 0 Å². The van der Waals surface area contributed by atoms with Crippen molar-refractivity contribution in [3.05, 3.63) is 22.3 Å². The molecule has 0 spiro atoms. The molecule has 0 fully saturated rings. The highest BCUT2D eigenvalue weighted by Crippen LogP contribution is 2.17. The number of hydrogen-bond donors (Lipinski definition) is 2. The molecule has 0 aromatic carbocycles. The average molecular weight is 246 g/mol. The van der Waals surface area contributed by atoms with Gasteiger partial charge in [-0.3, -0.25) is 10.2 Å². The highest BCUT2D eigenvalue weighted by atomic mass is 79.9. The molecule has 1 heterocycles. The van der Waals surface area contributed by atoms with Crippen LogP contribution in [0.3, 0.4) is 0 Å². The SMILES string of the molecule is COc1ccc(C(=O)NN)c(Br)n1. The van der Waals surface area contributed by atoms with E-state index in [4.69, 9.17) is 10.6 Å². The fraction of sp³-hybridized carbons (Fsp3) is 0.143. The Morgan fingerprint density at radius 1 is 1.69 bits per heavy atom. The van der Waals surface area contributed by atoms with E-state index >= 15 is 0 Å². The molecule has 0 aliphatic heterocycles. The van der Waals surface area contributed by atoms with E-state index in [-0.39, 0.29) is 0 Å². The molecule has 0 saturated carbocycles. The van der Waals surface area contributed by atoms with Crippen molar-refractivity contribution >= 4 is 21.8 Å². The van der Waals surface area contributed by atoms with E-state index in [9.17, 15) is 4.79 Å². The molecule has 0 aliphatic rings. The summed E-state index contributed by atoms with van der Waals surface area (Å²) in [5, 5.41) is 0. The molecule has 70 valence electrons. The number of nitrogens with zero attached hydrogens (tertiary/aromatic N) is 1. The van der Waals surface area contributed by atoms with Crippen LogP contribution >= 0.6 is 15.9 Å². The first-order valence-corrected chi connectivity index (χ1v) is 4.20. The second-order valence-electron chi connectivity index (χ2n) is 2.17. The van der Waals surface area contributed by atoms with Gasteiger partial charge in [0.2, 0.25) is 5.88 Å². The molecular formula is C7H8BrN3O2. The molecule has 0 radical (unpaired) electrons. The fourth-order valence-corrected chi connectivity index (χ4v) is 1.27. The maximum Gasteiger partial charge on any atom is 0.267 e. The first kappa shape index (κ1) is 9.94. The number of methoxy groups -OCH3 is 1. The highest BCUT2D eigenvalue weighted by molar-refractivity contribution is 9.10. The molecule has 0 atom stereocenters. The number of amides is 1. The van der Waals surface area contributed by atoms with E-state index in [1.807, 2.05) is 5.43 Å². The van der Waals surface area contributed by atoms with Crippen LogP contribution in [0.15, 0.2) is 16.7 Å². The Hall–Kier alpha value is -1.14. The monoisotopic (exact) mass is 245 g/mol. The summed E-state index contributed by atoms with van der Waals surface area (Å²) < 4.78 is 5.26. The predicted octanol–water partition coefficient (Wildman–Crippen LogP) is 0.456. The Bertz CT molecular complexity index is 330. The zero-order chi connectivity index (χ0) is 9.84. The zero-order valence-electron chi connectivity index (χ0n) is 6.87. The second-order valence-corrected chi connectivity index (χ2v) is 2.92. The molecule has 1 aromatic rings. The molecule has 5 nitrogen and oxygen atoms in total. The van der Waals surface area contributed by atoms with Gasteiger partial charge in [0.05, 0.1) is 12.7 Å². The van der Waals surface area contributed by atoms with Crippen LogP contribution < -0.4 is 16.0 Å². The van der Waals surface area contributed by atoms with E-state index in [0.29, 0.717) is 16.0 Å². The summed E-state index contributed by atoms with van der Waals surface area (Å²) in [6.07, 6.45) is 0. The minimum atomic E-state index is -0.401. The highest BCUT2D eigenvalue weighted by Gasteiger charge is 2.09. The summed E-state index contributed by atoms with van der Waals surface area (Å²) in [5.74, 6) is 4.99. The number of nitrogens with two attached hydrogens (primary N) is 1. The summed E-state index contributed by atoms with van der Waals surface area (Å²) in [5.41, 5.74) is 2.37. The van der Waals surface area contributed by atoms with Crippen LogP contribution in [0.25, 0.3) is 0 Å². The van der Waals surface area contributed by atoms with Gasteiger partial charge in [-0.05, 0) is 22.0 Å². The summed E-state index contributed by atoms with van der Waals surface area (Å²) in [6.45, 7) is 0. The number of nitrogens with one attached hydrogen (secondary N) is 1. The van der Waals surface area contributed by atoms with E-state index in [1.165, 1.54) is 7.11 Å². The van der Waals surface area contributed by atoms with Crippen molar-refractivity contribution < 1.29 is 9.53 Å². The Kier molecular flexibility index (Phi) is 3.21. The van der Waals surface area contributed by atoms with Crippen LogP contribution in [0, 0.1) is 0 Å². The Morgan fingerprint density at radius 3 is 2.85 bits per heavy atom. The van der Waals surface area contributed by atoms with Crippen molar-refractivity contribution in [1.29, 1.82) is 0 Å². The molecule has 1 aromatic heterocycles. The van der Waals surface area contributed by atoms with E-state index in [0.717, 1.165) is 0 Å². The van der Waals surface area contributed by atoms with Crippen LogP contribution in [-0.4, -0.2) is 18.0 Å². The van der Waals surface area contributed by atoms with Gasteiger partial charge in [0.25, 0.3) is 5.91 Å². The third kappa shape index (κ3) is 2.16. The van der Waals surface area contributed by atoms with Gasteiger partial charge in [-0.15, -0.1) is 0 Å². The van der Waals surface area contributed by atoms with E-state index in [1.54, 1.807) is 12.1 Å². The lowest BCUT2D eigenvalue weighted by molar-refractivity contribution is 0.0952. The smallest absolute Gasteiger partial charge is 0.267 e. The number of carbonyl (C=O) groups excluding carboxylic acids is 1. The molecule has 0 aliphatic carbocycles. The maximum atomic E-state index is 11.1. The number of rotatable bonds is 2. The van der Waals surface area contributed by atoms with Crippen LogP contribution in [0.2, 0.25) is 0 Å². The number of ether oxygens (including phenoxy) is 1. The number of aromatic nitrogens is 1. The lowest BCUT2D eigenvalue weighted by atomic mass is 10.3. The van der Waals surface area contributed by atoms with Crippen molar-refractivity contribution in [1.82, 2.24) is 10.4 Å². The molecule has 13 heavy (non-hydrogen) atoms. The van der Waals surface area contributed by atoms with E-state index < -0.39 is 5.91 Å². The van der Waals surface area contributed by atoms with Crippen molar-refractivity contribution in [3.63, 3.8) is 0 Å². The molecule has 6 heteroatoms. The molecule has 1 rings (SSSR count). The van der Waals surface area contributed by atoms with E-state index in [2.05, 4.69) is 20.9 Å². The summed E-state index contributed by atoms with van der Waals surface area (Å²) in [6, 6.07) is 3.15. The quantitative estimate of drug-likeness (QED) is 0.344. The Morgan fingerprint density at radius 2 is 2.38 bits per heavy atom. The number of nitrogen functional groups attached to an aromatic ring is 1. The van der Waals surface area contributed by atoms with Gasteiger partial charge >= 0.3 is 0 Å². The number of halogens is 1.